The molecule has 2 aliphatic heterocycles. The van der Waals surface area contributed by atoms with Crippen LogP contribution in [-0.4, -0.2) is 34.4 Å². The van der Waals surface area contributed by atoms with E-state index in [2.05, 4.69) is 0 Å². The second-order valence-electron chi connectivity index (χ2n) is 9.28. The Hall–Kier alpha value is -4.84. The molecule has 0 aliphatic carbocycles. The maximum atomic E-state index is 13.7. The zero-order valence-corrected chi connectivity index (χ0v) is 20.0. The van der Waals surface area contributed by atoms with Crippen LogP contribution in [0.3, 0.4) is 0 Å². The maximum absolute atomic E-state index is 13.7. The largest absolute Gasteiger partial charge is 0.316 e. The molecule has 6 rings (SSSR count). The van der Waals surface area contributed by atoms with Crippen LogP contribution >= 0.6 is 0 Å². The first-order chi connectivity index (χ1) is 18.0. The number of imide groups is 1. The topological polar surface area (TPSA) is 74.5 Å². The van der Waals surface area contributed by atoms with Gasteiger partial charge < -0.3 is 4.90 Å². The SMILES string of the molecule is Cc1ccc(N2C(=O)c3ccc(C(=O)N4[C@H](C(=O)c5ccccc5)[C@H]4c4ccccc4)cc3C2=O)cc1. The predicted molar refractivity (Wildman–Crippen MR) is 139 cm³/mol. The third-order valence-electron chi connectivity index (χ3n) is 6.94. The van der Waals surface area contributed by atoms with Crippen LogP contribution in [0.1, 0.15) is 58.6 Å². The standard InChI is InChI=1S/C31H22N2O4/c1-19-12-15-23(16-13-19)32-30(36)24-17-14-22(18-25(24)31(32)37)29(35)33-26(20-8-4-2-5-9-20)27(33)28(34)21-10-6-3-7-11-21/h2-18,26-27H,1H3/t26-,27+,33?/m1/s1. The van der Waals surface area contributed by atoms with E-state index in [1.807, 2.05) is 55.5 Å². The number of fused-ring (bicyclic) bond motifs is 1. The zero-order chi connectivity index (χ0) is 25.7. The Morgan fingerprint density at radius 1 is 0.676 bits per heavy atom. The molecule has 2 atom stereocenters. The molecule has 4 aromatic rings. The van der Waals surface area contributed by atoms with Crippen molar-refractivity contribution < 1.29 is 19.2 Å². The van der Waals surface area contributed by atoms with Crippen LogP contribution in [0.4, 0.5) is 5.69 Å². The number of hydrogen-bond donors (Lipinski definition) is 0. The highest BCUT2D eigenvalue weighted by Crippen LogP contribution is 2.46. The van der Waals surface area contributed by atoms with Crippen LogP contribution in [0.25, 0.3) is 0 Å². The molecule has 4 aromatic carbocycles. The van der Waals surface area contributed by atoms with E-state index in [0.717, 1.165) is 16.0 Å². The van der Waals surface area contributed by atoms with Crippen LogP contribution in [0.5, 0.6) is 0 Å². The van der Waals surface area contributed by atoms with Gasteiger partial charge in [-0.1, -0.05) is 78.4 Å². The molecule has 6 heteroatoms. The van der Waals surface area contributed by atoms with Crippen molar-refractivity contribution in [1.82, 2.24) is 4.90 Å². The minimum absolute atomic E-state index is 0.138. The normalized spacial score (nSPS) is 18.1. The third kappa shape index (κ3) is 3.74. The van der Waals surface area contributed by atoms with Crippen LogP contribution < -0.4 is 4.90 Å². The Bertz CT molecular complexity index is 1560. The predicted octanol–water partition coefficient (Wildman–Crippen LogP) is 5.24. The number of anilines is 1. The van der Waals surface area contributed by atoms with E-state index < -0.39 is 23.9 Å². The first kappa shape index (κ1) is 22.6. The van der Waals surface area contributed by atoms with Crippen molar-refractivity contribution in [3.63, 3.8) is 0 Å². The fourth-order valence-electron chi connectivity index (χ4n) is 4.97. The van der Waals surface area contributed by atoms with Gasteiger partial charge in [0.1, 0.15) is 6.04 Å². The lowest BCUT2D eigenvalue weighted by atomic mass is 10.0. The van der Waals surface area contributed by atoms with Crippen molar-refractivity contribution in [1.29, 1.82) is 0 Å². The highest BCUT2D eigenvalue weighted by molar-refractivity contribution is 6.34. The highest BCUT2D eigenvalue weighted by atomic mass is 16.2. The van der Waals surface area contributed by atoms with Crippen molar-refractivity contribution in [2.45, 2.75) is 19.0 Å². The zero-order valence-electron chi connectivity index (χ0n) is 20.0. The van der Waals surface area contributed by atoms with Crippen molar-refractivity contribution in [3.8, 4) is 0 Å². The van der Waals surface area contributed by atoms with Gasteiger partial charge in [0.15, 0.2) is 5.78 Å². The summed E-state index contributed by atoms with van der Waals surface area (Å²) in [6, 6.07) is 28.9. The summed E-state index contributed by atoms with van der Waals surface area (Å²) in [5.74, 6) is -1.39. The maximum Gasteiger partial charge on any atom is 0.266 e. The molecule has 0 aromatic heterocycles. The van der Waals surface area contributed by atoms with E-state index in [4.69, 9.17) is 0 Å². The second kappa shape index (κ2) is 8.68. The second-order valence-corrected chi connectivity index (χ2v) is 9.28. The minimum Gasteiger partial charge on any atom is -0.316 e. The van der Waals surface area contributed by atoms with Crippen LogP contribution in [0.15, 0.2) is 103 Å². The number of rotatable bonds is 5. The molecule has 3 amide bonds. The molecular formula is C31H22N2O4. The summed E-state index contributed by atoms with van der Waals surface area (Å²) in [6.45, 7) is 1.93. The van der Waals surface area contributed by atoms with Gasteiger partial charge >= 0.3 is 0 Å². The minimum atomic E-state index is -0.646. The molecule has 2 aliphatic rings. The van der Waals surface area contributed by atoms with Crippen molar-refractivity contribution >= 4 is 29.2 Å². The molecule has 1 fully saturated rings. The number of carbonyl (C=O) groups is 4. The van der Waals surface area contributed by atoms with Crippen molar-refractivity contribution in [3.05, 3.63) is 137 Å². The van der Waals surface area contributed by atoms with Gasteiger partial charge in [-0.05, 0) is 42.8 Å². The summed E-state index contributed by atoms with van der Waals surface area (Å²) >= 11 is 0. The number of aryl methyl sites for hydroxylation is 1. The van der Waals surface area contributed by atoms with E-state index in [0.29, 0.717) is 11.3 Å². The summed E-state index contributed by atoms with van der Waals surface area (Å²) in [4.78, 5) is 55.9. The molecule has 2 heterocycles. The van der Waals surface area contributed by atoms with E-state index in [1.54, 1.807) is 47.4 Å². The van der Waals surface area contributed by atoms with Crippen molar-refractivity contribution in [2.75, 3.05) is 4.90 Å². The smallest absolute Gasteiger partial charge is 0.266 e. The molecule has 0 unspecified atom stereocenters. The molecule has 6 nitrogen and oxygen atoms in total. The molecule has 0 bridgehead atoms. The lowest BCUT2D eigenvalue weighted by Crippen LogP contribution is -2.29. The van der Waals surface area contributed by atoms with Gasteiger partial charge in [-0.3, -0.25) is 19.2 Å². The number of Topliss-reactive ketones (excluding diaryl/α,β-unsaturated/α-hetero) is 1. The third-order valence-corrected chi connectivity index (χ3v) is 6.94. The fraction of sp³-hybridized carbons (Fsp3) is 0.0968. The molecule has 0 saturated carbocycles. The molecule has 1 saturated heterocycles. The molecule has 0 spiro atoms. The van der Waals surface area contributed by atoms with Crippen LogP contribution in [-0.2, 0) is 0 Å². The summed E-state index contributed by atoms with van der Waals surface area (Å²) in [5, 5.41) is 0. The average molecular weight is 487 g/mol. The molecule has 180 valence electrons. The van der Waals surface area contributed by atoms with Crippen LogP contribution in [0.2, 0.25) is 0 Å². The number of nitrogens with zero attached hydrogens (tertiary/aromatic N) is 2. The summed E-state index contributed by atoms with van der Waals surface area (Å²) in [6.07, 6.45) is 0. The van der Waals surface area contributed by atoms with E-state index >= 15 is 0 Å². The van der Waals surface area contributed by atoms with Gasteiger partial charge in [0.25, 0.3) is 17.7 Å². The Balaban J connectivity index is 1.33. The molecule has 0 radical (unpaired) electrons. The first-order valence-corrected chi connectivity index (χ1v) is 12.0. The number of amides is 3. The number of ketones is 1. The monoisotopic (exact) mass is 486 g/mol. The Labute approximate surface area is 213 Å². The van der Waals surface area contributed by atoms with Crippen LogP contribution in [0, 0.1) is 6.92 Å². The van der Waals surface area contributed by atoms with Crippen molar-refractivity contribution in [2.24, 2.45) is 0 Å². The fourth-order valence-corrected chi connectivity index (χ4v) is 4.97. The lowest BCUT2D eigenvalue weighted by molar-refractivity contribution is 0.0833. The Morgan fingerprint density at radius 3 is 1.97 bits per heavy atom. The van der Waals surface area contributed by atoms with E-state index in [1.165, 1.54) is 12.1 Å². The lowest BCUT2D eigenvalue weighted by Gasteiger charge is -2.13. The Morgan fingerprint density at radius 2 is 1.30 bits per heavy atom. The van der Waals surface area contributed by atoms with Gasteiger partial charge in [0.05, 0.1) is 22.9 Å². The summed E-state index contributed by atoms with van der Waals surface area (Å²) < 4.78 is 0. The average Bonchev–Trinajstić information content (AvgIpc) is 3.64. The van der Waals surface area contributed by atoms with Gasteiger partial charge in [-0.2, -0.15) is 0 Å². The summed E-state index contributed by atoms with van der Waals surface area (Å²) in [5.41, 5.74) is 3.59. The molecule has 37 heavy (non-hydrogen) atoms. The van der Waals surface area contributed by atoms with Gasteiger partial charge in [0.2, 0.25) is 0 Å². The summed E-state index contributed by atoms with van der Waals surface area (Å²) in [7, 11) is 0. The Kier molecular flexibility index (Phi) is 5.30. The number of carbonyl (C=O) groups excluding carboxylic acids is 4. The molecular weight excluding hydrogens is 464 g/mol. The quantitative estimate of drug-likeness (QED) is 0.220. The molecule has 0 N–H and O–H groups in total. The number of hydrogen-bond acceptors (Lipinski definition) is 4. The van der Waals surface area contributed by atoms with Gasteiger partial charge in [-0.15, -0.1) is 0 Å². The van der Waals surface area contributed by atoms with Gasteiger partial charge in [0, 0.05) is 11.1 Å². The van der Waals surface area contributed by atoms with Gasteiger partial charge in [-0.25, -0.2) is 4.90 Å². The van der Waals surface area contributed by atoms with E-state index in [9.17, 15) is 19.2 Å². The number of benzene rings is 4. The van der Waals surface area contributed by atoms with E-state index in [-0.39, 0.29) is 28.4 Å². The highest BCUT2D eigenvalue weighted by Gasteiger charge is 2.56. The first-order valence-electron chi connectivity index (χ1n) is 12.0.